The van der Waals surface area contributed by atoms with Crippen molar-refractivity contribution in [2.75, 3.05) is 13.2 Å². The van der Waals surface area contributed by atoms with E-state index in [4.69, 9.17) is 9.47 Å². The highest BCUT2D eigenvalue weighted by Gasteiger charge is 2.07. The molecule has 27 heavy (non-hydrogen) atoms. The highest BCUT2D eigenvalue weighted by molar-refractivity contribution is 9.10. The number of amides is 1. The maximum absolute atomic E-state index is 12.0. The van der Waals surface area contributed by atoms with Gasteiger partial charge in [0.1, 0.15) is 11.5 Å². The highest BCUT2D eigenvalue weighted by atomic mass is 79.9. The van der Waals surface area contributed by atoms with Crippen LogP contribution >= 0.6 is 31.9 Å². The number of hydrogen-bond acceptors (Lipinski definition) is 4. The van der Waals surface area contributed by atoms with E-state index >= 15 is 0 Å². The summed E-state index contributed by atoms with van der Waals surface area (Å²) in [6, 6.07) is 11.5. The Morgan fingerprint density at radius 1 is 1.11 bits per heavy atom. The van der Waals surface area contributed by atoms with E-state index in [1.165, 1.54) is 5.56 Å². The van der Waals surface area contributed by atoms with Crippen LogP contribution in [0.2, 0.25) is 0 Å². The summed E-state index contributed by atoms with van der Waals surface area (Å²) in [7, 11) is 0. The quantitative estimate of drug-likeness (QED) is 0.387. The lowest BCUT2D eigenvalue weighted by atomic mass is 10.1. The SMILES string of the molecule is CCCc1ccc(OCC(=O)N/N=C/c2cc(Br)ccc2OCC)c(Br)c1. The maximum atomic E-state index is 12.0. The van der Waals surface area contributed by atoms with Gasteiger partial charge in [-0.1, -0.05) is 35.3 Å². The molecule has 0 aliphatic heterocycles. The number of benzene rings is 2. The van der Waals surface area contributed by atoms with E-state index in [-0.39, 0.29) is 12.5 Å². The topological polar surface area (TPSA) is 59.9 Å². The first-order valence-corrected chi connectivity index (χ1v) is 10.3. The Morgan fingerprint density at radius 2 is 1.89 bits per heavy atom. The number of nitrogens with one attached hydrogen (secondary N) is 1. The van der Waals surface area contributed by atoms with Gasteiger partial charge in [0.05, 0.1) is 17.3 Å². The Kier molecular flexibility index (Phi) is 8.81. The normalized spacial score (nSPS) is 10.8. The molecule has 2 aromatic rings. The second kappa shape index (κ2) is 11.1. The predicted octanol–water partition coefficient (Wildman–Crippen LogP) is 5.09. The lowest BCUT2D eigenvalue weighted by molar-refractivity contribution is -0.123. The fraction of sp³-hybridized carbons (Fsp3) is 0.300. The summed E-state index contributed by atoms with van der Waals surface area (Å²) in [5.41, 5.74) is 4.45. The molecule has 2 rings (SSSR count). The van der Waals surface area contributed by atoms with Crippen molar-refractivity contribution in [3.05, 3.63) is 56.5 Å². The number of carbonyl (C=O) groups is 1. The first-order chi connectivity index (χ1) is 13.0. The number of hydrazone groups is 1. The molecule has 7 heteroatoms. The number of halogens is 2. The molecule has 5 nitrogen and oxygen atoms in total. The van der Waals surface area contributed by atoms with Crippen LogP contribution in [-0.4, -0.2) is 25.3 Å². The average Bonchev–Trinajstić information content (AvgIpc) is 2.63. The molecule has 0 saturated carbocycles. The summed E-state index contributed by atoms with van der Waals surface area (Å²) in [5, 5.41) is 3.98. The Bertz CT molecular complexity index is 810. The highest BCUT2D eigenvalue weighted by Crippen LogP contribution is 2.26. The monoisotopic (exact) mass is 496 g/mol. The van der Waals surface area contributed by atoms with Gasteiger partial charge in [-0.2, -0.15) is 5.10 Å². The third-order valence-electron chi connectivity index (χ3n) is 3.56. The molecule has 0 radical (unpaired) electrons. The van der Waals surface area contributed by atoms with Crippen molar-refractivity contribution in [2.45, 2.75) is 26.7 Å². The van der Waals surface area contributed by atoms with Crippen LogP contribution in [0.4, 0.5) is 0 Å². The van der Waals surface area contributed by atoms with E-state index in [1.54, 1.807) is 6.21 Å². The van der Waals surface area contributed by atoms with Crippen LogP contribution in [0.3, 0.4) is 0 Å². The van der Waals surface area contributed by atoms with E-state index in [0.29, 0.717) is 18.1 Å². The molecule has 0 aliphatic rings. The minimum absolute atomic E-state index is 0.125. The lowest BCUT2D eigenvalue weighted by Crippen LogP contribution is -2.24. The van der Waals surface area contributed by atoms with E-state index < -0.39 is 0 Å². The Morgan fingerprint density at radius 3 is 2.59 bits per heavy atom. The minimum atomic E-state index is -0.344. The van der Waals surface area contributed by atoms with Gasteiger partial charge in [-0.3, -0.25) is 4.79 Å². The van der Waals surface area contributed by atoms with Crippen LogP contribution in [0, 0.1) is 0 Å². The molecule has 144 valence electrons. The zero-order chi connectivity index (χ0) is 19.6. The van der Waals surface area contributed by atoms with Crippen molar-refractivity contribution in [3.8, 4) is 11.5 Å². The van der Waals surface area contributed by atoms with Crippen LogP contribution in [0.15, 0.2) is 50.4 Å². The number of rotatable bonds is 9. The third-order valence-corrected chi connectivity index (χ3v) is 4.67. The molecule has 0 unspecified atom stereocenters. The fourth-order valence-electron chi connectivity index (χ4n) is 2.36. The number of carbonyl (C=O) groups excluding carboxylic acids is 1. The molecule has 0 atom stereocenters. The van der Waals surface area contributed by atoms with Crippen molar-refractivity contribution >= 4 is 44.0 Å². The van der Waals surface area contributed by atoms with Crippen molar-refractivity contribution in [1.29, 1.82) is 0 Å². The van der Waals surface area contributed by atoms with Gasteiger partial charge in [0, 0.05) is 10.0 Å². The summed E-state index contributed by atoms with van der Waals surface area (Å²) < 4.78 is 12.8. The Labute approximate surface area is 176 Å². The van der Waals surface area contributed by atoms with Gasteiger partial charge in [0.15, 0.2) is 6.61 Å². The predicted molar refractivity (Wildman–Crippen MR) is 115 cm³/mol. The standard InChI is InChI=1S/C20H22Br2N2O3/c1-3-5-14-6-8-19(17(22)10-14)27-13-20(25)24-23-12-15-11-16(21)7-9-18(15)26-4-2/h6-12H,3-5,13H2,1-2H3,(H,24,25)/b23-12+. The molecule has 0 bridgehead atoms. The smallest absolute Gasteiger partial charge is 0.277 e. The van der Waals surface area contributed by atoms with E-state index in [2.05, 4.69) is 49.3 Å². The molecule has 0 heterocycles. The van der Waals surface area contributed by atoms with Gasteiger partial charge in [0.25, 0.3) is 5.91 Å². The van der Waals surface area contributed by atoms with Crippen LogP contribution < -0.4 is 14.9 Å². The number of ether oxygens (including phenoxy) is 2. The first kappa shape index (κ1) is 21.4. The number of hydrogen-bond donors (Lipinski definition) is 1. The summed E-state index contributed by atoms with van der Waals surface area (Å²) in [6.07, 6.45) is 3.63. The summed E-state index contributed by atoms with van der Waals surface area (Å²) in [6.45, 7) is 4.47. The first-order valence-electron chi connectivity index (χ1n) is 8.69. The molecule has 0 aliphatic carbocycles. The summed E-state index contributed by atoms with van der Waals surface area (Å²) in [4.78, 5) is 12.0. The molecule has 0 aromatic heterocycles. The largest absolute Gasteiger partial charge is 0.493 e. The molecule has 1 amide bonds. The molecular formula is C20H22Br2N2O3. The molecule has 0 spiro atoms. The molecule has 2 aromatic carbocycles. The average molecular weight is 498 g/mol. The van der Waals surface area contributed by atoms with Crippen molar-refractivity contribution in [3.63, 3.8) is 0 Å². The van der Waals surface area contributed by atoms with Crippen LogP contribution in [0.5, 0.6) is 11.5 Å². The van der Waals surface area contributed by atoms with Gasteiger partial charge in [0.2, 0.25) is 0 Å². The van der Waals surface area contributed by atoms with Gasteiger partial charge in [-0.05, 0) is 65.2 Å². The minimum Gasteiger partial charge on any atom is -0.493 e. The fourth-order valence-corrected chi connectivity index (χ4v) is 3.28. The lowest BCUT2D eigenvalue weighted by Gasteiger charge is -2.09. The summed E-state index contributed by atoms with van der Waals surface area (Å²) in [5.74, 6) is 0.981. The van der Waals surface area contributed by atoms with Crippen molar-refractivity contribution in [1.82, 2.24) is 5.43 Å². The van der Waals surface area contributed by atoms with Crippen molar-refractivity contribution in [2.24, 2.45) is 5.10 Å². The zero-order valence-corrected chi connectivity index (χ0v) is 18.5. The Hall–Kier alpha value is -1.86. The van der Waals surface area contributed by atoms with E-state index in [9.17, 15) is 4.79 Å². The Balaban J connectivity index is 1.89. The van der Waals surface area contributed by atoms with Gasteiger partial charge < -0.3 is 9.47 Å². The van der Waals surface area contributed by atoms with E-state index in [0.717, 1.165) is 27.4 Å². The second-order valence-corrected chi connectivity index (χ2v) is 7.48. The molecular weight excluding hydrogens is 476 g/mol. The molecule has 0 fully saturated rings. The third kappa shape index (κ3) is 6.99. The zero-order valence-electron chi connectivity index (χ0n) is 15.3. The number of aryl methyl sites for hydroxylation is 1. The van der Waals surface area contributed by atoms with Gasteiger partial charge in [-0.25, -0.2) is 5.43 Å². The number of nitrogens with zero attached hydrogens (tertiary/aromatic N) is 1. The van der Waals surface area contributed by atoms with Crippen LogP contribution in [-0.2, 0) is 11.2 Å². The van der Waals surface area contributed by atoms with Gasteiger partial charge >= 0.3 is 0 Å². The summed E-state index contributed by atoms with van der Waals surface area (Å²) >= 11 is 6.89. The molecule has 1 N–H and O–H groups in total. The van der Waals surface area contributed by atoms with Crippen LogP contribution in [0.1, 0.15) is 31.4 Å². The molecule has 0 saturated heterocycles. The maximum Gasteiger partial charge on any atom is 0.277 e. The van der Waals surface area contributed by atoms with Crippen molar-refractivity contribution < 1.29 is 14.3 Å². The van der Waals surface area contributed by atoms with Crippen LogP contribution in [0.25, 0.3) is 0 Å². The van der Waals surface area contributed by atoms with E-state index in [1.807, 2.05) is 43.3 Å². The van der Waals surface area contributed by atoms with Gasteiger partial charge in [-0.15, -0.1) is 0 Å². The second-order valence-electron chi connectivity index (χ2n) is 5.71.